The first-order chi connectivity index (χ1) is 26.1. The summed E-state index contributed by atoms with van der Waals surface area (Å²) in [5.74, 6) is 1.14. The number of carbonyl (C=O) groups excluding carboxylic acids is 2. The maximum atomic E-state index is 14.6. The molecule has 54 heavy (non-hydrogen) atoms. The van der Waals surface area contributed by atoms with Crippen molar-refractivity contribution in [3.63, 3.8) is 0 Å². The molecule has 2 unspecified atom stereocenters. The van der Waals surface area contributed by atoms with E-state index in [2.05, 4.69) is 4.90 Å². The van der Waals surface area contributed by atoms with Gasteiger partial charge in [-0.2, -0.15) is 0 Å². The number of piperidine rings is 1. The highest BCUT2D eigenvalue weighted by Crippen LogP contribution is 2.43. The fourth-order valence-electron chi connectivity index (χ4n) is 8.10. The van der Waals surface area contributed by atoms with E-state index >= 15 is 0 Å². The smallest absolute Gasteiger partial charge is 0.254 e. The molecule has 1 amide bonds. The maximum absolute atomic E-state index is 14.6. The predicted octanol–water partition coefficient (Wildman–Crippen LogP) is 8.47. The average Bonchev–Trinajstić information content (AvgIpc) is 3.80. The molecule has 0 N–H and O–H groups in total. The van der Waals surface area contributed by atoms with Gasteiger partial charge in [0.05, 0.1) is 48.4 Å². The molecule has 9 nitrogen and oxygen atoms in total. The van der Waals surface area contributed by atoms with Gasteiger partial charge in [-0.05, 0) is 98.4 Å². The number of likely N-dealkylation sites (tertiary alicyclic amines) is 2. The molecule has 2 saturated heterocycles. The number of aromatic nitrogens is 2. The van der Waals surface area contributed by atoms with Crippen molar-refractivity contribution in [1.29, 1.82) is 0 Å². The minimum atomic E-state index is -0.453. The highest BCUT2D eigenvalue weighted by molar-refractivity contribution is 6.42. The molecule has 2 aliphatic heterocycles. The van der Waals surface area contributed by atoms with Crippen LogP contribution >= 0.6 is 23.2 Å². The van der Waals surface area contributed by atoms with Crippen molar-refractivity contribution in [2.75, 3.05) is 47.5 Å². The van der Waals surface area contributed by atoms with Gasteiger partial charge in [0.25, 0.3) is 5.91 Å². The Labute approximate surface area is 324 Å². The number of halogens is 3. The molecular formula is C42H43Cl2FN4O5. The van der Waals surface area contributed by atoms with Crippen LogP contribution in [0, 0.1) is 5.82 Å². The van der Waals surface area contributed by atoms with Gasteiger partial charge in [0.15, 0.2) is 17.3 Å². The minimum Gasteiger partial charge on any atom is -0.493 e. The van der Waals surface area contributed by atoms with Crippen molar-refractivity contribution in [2.45, 2.75) is 50.1 Å². The Morgan fingerprint density at radius 3 is 2.33 bits per heavy atom. The third-order valence-corrected chi connectivity index (χ3v) is 11.7. The summed E-state index contributed by atoms with van der Waals surface area (Å²) in [6, 6.07) is 22.8. The number of ether oxygens (including phenoxy) is 3. The molecule has 2 fully saturated rings. The molecule has 282 valence electrons. The maximum Gasteiger partial charge on any atom is 0.254 e. The van der Waals surface area contributed by atoms with Crippen LogP contribution in [-0.2, 0) is 12.0 Å². The van der Waals surface area contributed by atoms with Gasteiger partial charge in [0.1, 0.15) is 5.82 Å². The number of fused-ring (bicyclic) bond motifs is 1. The van der Waals surface area contributed by atoms with Gasteiger partial charge >= 0.3 is 0 Å². The van der Waals surface area contributed by atoms with E-state index in [0.29, 0.717) is 84.1 Å². The number of nitrogens with zero attached hydrogens (tertiary/aromatic N) is 4. The normalized spacial score (nSPS) is 18.9. The van der Waals surface area contributed by atoms with Gasteiger partial charge in [-0.15, -0.1) is 0 Å². The Morgan fingerprint density at radius 2 is 1.63 bits per heavy atom. The van der Waals surface area contributed by atoms with E-state index in [1.54, 1.807) is 24.3 Å². The zero-order chi connectivity index (χ0) is 38.0. The second-order valence-electron chi connectivity index (χ2n) is 14.1. The molecular weight excluding hydrogens is 730 g/mol. The molecule has 3 heterocycles. The van der Waals surface area contributed by atoms with E-state index in [1.165, 1.54) is 33.5 Å². The number of carbonyl (C=O) groups is 2. The largest absolute Gasteiger partial charge is 0.493 e. The fraction of sp³-hybridized carbons (Fsp3) is 0.357. The van der Waals surface area contributed by atoms with Gasteiger partial charge < -0.3 is 23.7 Å². The number of benzene rings is 4. The standard InChI is InChI=1S/C42H43Cl2FN4O5/c1-52-36-22-28(23-37(53-2)39(36)54-3)41(51)48-21-18-42(26-48,29-13-16-31(43)32(44)24-29)17-20-47-19-7-6-10-35(47)38(50)40-46-33-8-4-5-9-34(33)49(40)25-27-11-14-30(45)15-12-27/h4-5,8-9,11-16,22-24,35H,6-7,10,17-21,25-26H2,1-3H3. The molecule has 4 aromatic carbocycles. The molecule has 0 bridgehead atoms. The summed E-state index contributed by atoms with van der Waals surface area (Å²) >= 11 is 13.0. The van der Waals surface area contributed by atoms with E-state index in [4.69, 9.17) is 42.4 Å². The van der Waals surface area contributed by atoms with Crippen molar-refractivity contribution in [2.24, 2.45) is 0 Å². The molecule has 12 heteroatoms. The van der Waals surface area contributed by atoms with E-state index in [1.807, 2.05) is 51.9 Å². The lowest BCUT2D eigenvalue weighted by molar-refractivity contribution is 0.0707. The molecule has 0 aliphatic carbocycles. The highest BCUT2D eigenvalue weighted by atomic mass is 35.5. The molecule has 0 saturated carbocycles. The van der Waals surface area contributed by atoms with Crippen LogP contribution in [0.25, 0.3) is 11.0 Å². The SMILES string of the molecule is COc1cc(C(=O)N2CCC(CCN3CCCCC3C(=O)c3nc4ccccc4n3Cc3ccc(F)cc3)(c3ccc(Cl)c(Cl)c3)C2)cc(OC)c1OC. The number of rotatable bonds is 12. The first-order valence-corrected chi connectivity index (χ1v) is 18.9. The van der Waals surface area contributed by atoms with Gasteiger partial charge in [0.2, 0.25) is 11.5 Å². The second kappa shape index (κ2) is 16.0. The molecule has 2 atom stereocenters. The van der Waals surface area contributed by atoms with Crippen molar-refractivity contribution in [3.8, 4) is 17.2 Å². The number of para-hydroxylation sites is 2. The van der Waals surface area contributed by atoms with Crippen molar-refractivity contribution in [1.82, 2.24) is 19.4 Å². The van der Waals surface area contributed by atoms with Crippen LogP contribution in [0.2, 0.25) is 10.0 Å². The molecule has 2 aliphatic rings. The van der Waals surface area contributed by atoms with Crippen molar-refractivity contribution >= 4 is 45.9 Å². The number of ketones is 1. The summed E-state index contributed by atoms with van der Waals surface area (Å²) in [5, 5.41) is 0.915. The quantitative estimate of drug-likeness (QED) is 0.118. The first-order valence-electron chi connectivity index (χ1n) is 18.2. The summed E-state index contributed by atoms with van der Waals surface area (Å²) in [5.41, 5.74) is 3.45. The Morgan fingerprint density at radius 1 is 0.889 bits per heavy atom. The zero-order valence-electron chi connectivity index (χ0n) is 30.6. The Bertz CT molecular complexity index is 2150. The molecule has 0 spiro atoms. The van der Waals surface area contributed by atoms with Crippen LogP contribution in [0.3, 0.4) is 0 Å². The summed E-state index contributed by atoms with van der Waals surface area (Å²) in [7, 11) is 4.58. The lowest BCUT2D eigenvalue weighted by Gasteiger charge is -2.38. The lowest BCUT2D eigenvalue weighted by Crippen LogP contribution is -2.47. The monoisotopic (exact) mass is 772 g/mol. The van der Waals surface area contributed by atoms with Crippen LogP contribution in [0.15, 0.2) is 78.9 Å². The number of Topliss-reactive ketones (excluding diaryl/α,β-unsaturated/α-hetero) is 1. The summed E-state index contributed by atoms with van der Waals surface area (Å²) in [6.45, 7) is 2.75. The third-order valence-electron chi connectivity index (χ3n) is 11.0. The number of methoxy groups -OCH3 is 3. The van der Waals surface area contributed by atoms with Gasteiger partial charge in [-0.1, -0.05) is 60.0 Å². The van der Waals surface area contributed by atoms with Crippen LogP contribution in [0.5, 0.6) is 17.2 Å². The van der Waals surface area contributed by atoms with E-state index < -0.39 is 5.41 Å². The Hall–Kier alpha value is -4.64. The molecule has 1 aromatic heterocycles. The molecule has 7 rings (SSSR count). The van der Waals surface area contributed by atoms with Crippen molar-refractivity contribution in [3.05, 3.63) is 117 Å². The number of hydrogen-bond donors (Lipinski definition) is 0. The summed E-state index contributed by atoms with van der Waals surface area (Å²) in [4.78, 5) is 37.8. The van der Waals surface area contributed by atoms with Gasteiger partial charge in [0, 0.05) is 30.6 Å². The summed E-state index contributed by atoms with van der Waals surface area (Å²) in [6.07, 6.45) is 3.99. The fourth-order valence-corrected chi connectivity index (χ4v) is 8.40. The predicted molar refractivity (Wildman–Crippen MR) is 208 cm³/mol. The second-order valence-corrected chi connectivity index (χ2v) is 14.9. The highest BCUT2D eigenvalue weighted by Gasteiger charge is 2.43. The third kappa shape index (κ3) is 7.39. The van der Waals surface area contributed by atoms with E-state index in [-0.39, 0.29) is 23.5 Å². The topological polar surface area (TPSA) is 86.1 Å². The van der Waals surface area contributed by atoms with E-state index in [0.717, 1.165) is 41.5 Å². The number of imidazole rings is 1. The first kappa shape index (κ1) is 37.7. The average molecular weight is 774 g/mol. The van der Waals surface area contributed by atoms with Crippen LogP contribution in [-0.4, -0.2) is 84.6 Å². The van der Waals surface area contributed by atoms with Gasteiger partial charge in [-0.3, -0.25) is 14.5 Å². The minimum absolute atomic E-state index is 0.0257. The van der Waals surface area contributed by atoms with Crippen LogP contribution in [0.4, 0.5) is 4.39 Å². The Kier molecular flexibility index (Phi) is 11.2. The van der Waals surface area contributed by atoms with Gasteiger partial charge in [-0.25, -0.2) is 9.37 Å². The van der Waals surface area contributed by atoms with Crippen LogP contribution < -0.4 is 14.2 Å². The number of amides is 1. The molecule has 5 aromatic rings. The van der Waals surface area contributed by atoms with E-state index in [9.17, 15) is 14.0 Å². The Balaban J connectivity index is 1.17. The zero-order valence-corrected chi connectivity index (χ0v) is 32.1. The van der Waals surface area contributed by atoms with Crippen molar-refractivity contribution < 1.29 is 28.2 Å². The summed E-state index contributed by atoms with van der Waals surface area (Å²) < 4.78 is 32.3. The molecule has 0 radical (unpaired) electrons. The lowest BCUT2D eigenvalue weighted by atomic mass is 9.76. The van der Waals surface area contributed by atoms with Crippen LogP contribution in [0.1, 0.15) is 64.2 Å². The number of hydrogen-bond acceptors (Lipinski definition) is 7.